The molecule has 2 heterocycles. The van der Waals surface area contributed by atoms with Gasteiger partial charge in [-0.15, -0.1) is 11.3 Å². The molecule has 4 nitrogen and oxygen atoms in total. The van der Waals surface area contributed by atoms with Crippen molar-refractivity contribution in [3.8, 4) is 11.5 Å². The molecule has 0 bridgehead atoms. The molecule has 0 aromatic carbocycles. The summed E-state index contributed by atoms with van der Waals surface area (Å²) in [6, 6.07) is 3.27. The molecule has 0 atom stereocenters. The molecule has 0 unspecified atom stereocenters. The van der Waals surface area contributed by atoms with Crippen LogP contribution in [0.15, 0.2) is 27.4 Å². The van der Waals surface area contributed by atoms with Gasteiger partial charge in [0.25, 0.3) is 0 Å². The van der Waals surface area contributed by atoms with Crippen molar-refractivity contribution in [1.82, 2.24) is 4.98 Å². The predicted octanol–water partition coefficient (Wildman–Crippen LogP) is 2.19. The van der Waals surface area contributed by atoms with E-state index in [0.717, 1.165) is 5.69 Å². The molecule has 14 heavy (non-hydrogen) atoms. The number of carbonyl (C=O) groups is 1. The van der Waals surface area contributed by atoms with Crippen LogP contribution in [0.5, 0.6) is 0 Å². The number of ether oxygens (including phenoxy) is 1. The van der Waals surface area contributed by atoms with Crippen LogP contribution in [0.3, 0.4) is 0 Å². The smallest absolute Gasteiger partial charge is 0.373 e. The van der Waals surface area contributed by atoms with Crippen molar-refractivity contribution >= 4 is 17.3 Å². The number of thiazole rings is 1. The molecule has 0 spiro atoms. The molecular formula is C9H7NO3S. The van der Waals surface area contributed by atoms with Gasteiger partial charge in [0.15, 0.2) is 5.76 Å². The summed E-state index contributed by atoms with van der Waals surface area (Å²) in [4.78, 5) is 15.1. The summed E-state index contributed by atoms with van der Waals surface area (Å²) in [6.45, 7) is 0. The molecule has 0 saturated carbocycles. The highest BCUT2D eigenvalue weighted by molar-refractivity contribution is 7.07. The fourth-order valence-electron chi connectivity index (χ4n) is 1.02. The number of hydrogen-bond acceptors (Lipinski definition) is 5. The van der Waals surface area contributed by atoms with Gasteiger partial charge in [0.2, 0.25) is 5.76 Å². The highest BCUT2D eigenvalue weighted by Crippen LogP contribution is 2.21. The lowest BCUT2D eigenvalue weighted by Gasteiger charge is -1.92. The second-order valence-electron chi connectivity index (χ2n) is 2.53. The molecule has 5 heteroatoms. The molecule has 72 valence electrons. The minimum Gasteiger partial charge on any atom is -0.463 e. The van der Waals surface area contributed by atoms with E-state index in [1.165, 1.54) is 18.4 Å². The first kappa shape index (κ1) is 8.96. The van der Waals surface area contributed by atoms with E-state index in [4.69, 9.17) is 4.42 Å². The standard InChI is InChI=1S/C9H7NO3S/c1-12-9(11)8-3-2-7(13-8)6-4-14-5-10-6/h2-5H,1H3. The van der Waals surface area contributed by atoms with Crippen LogP contribution in [0.2, 0.25) is 0 Å². The topological polar surface area (TPSA) is 52.3 Å². The fourth-order valence-corrected chi connectivity index (χ4v) is 1.56. The van der Waals surface area contributed by atoms with Gasteiger partial charge in [0.1, 0.15) is 5.69 Å². The van der Waals surface area contributed by atoms with Gasteiger partial charge >= 0.3 is 5.97 Å². The second-order valence-corrected chi connectivity index (χ2v) is 3.25. The average Bonchev–Trinajstić information content (AvgIpc) is 2.86. The Bertz CT molecular complexity index is 433. The van der Waals surface area contributed by atoms with E-state index in [2.05, 4.69) is 9.72 Å². The van der Waals surface area contributed by atoms with Crippen LogP contribution in [0.4, 0.5) is 0 Å². The molecule has 2 rings (SSSR count). The summed E-state index contributed by atoms with van der Waals surface area (Å²) in [5.74, 6) is 0.286. The molecule has 0 aliphatic rings. The van der Waals surface area contributed by atoms with E-state index in [-0.39, 0.29) is 5.76 Å². The summed E-state index contributed by atoms with van der Waals surface area (Å²) < 4.78 is 9.77. The molecular weight excluding hydrogens is 202 g/mol. The third-order valence-electron chi connectivity index (χ3n) is 1.68. The van der Waals surface area contributed by atoms with Crippen molar-refractivity contribution in [3.05, 3.63) is 28.8 Å². The molecule has 2 aromatic rings. The van der Waals surface area contributed by atoms with Crippen LogP contribution in [0.1, 0.15) is 10.6 Å². The lowest BCUT2D eigenvalue weighted by molar-refractivity contribution is 0.0566. The van der Waals surface area contributed by atoms with Crippen LogP contribution in [-0.4, -0.2) is 18.1 Å². The first-order chi connectivity index (χ1) is 6.81. The van der Waals surface area contributed by atoms with Crippen molar-refractivity contribution in [2.24, 2.45) is 0 Å². The summed E-state index contributed by atoms with van der Waals surface area (Å²) in [7, 11) is 1.31. The number of furan rings is 1. The number of methoxy groups -OCH3 is 1. The van der Waals surface area contributed by atoms with E-state index in [1.807, 2.05) is 5.38 Å². The Morgan fingerprint density at radius 3 is 3.07 bits per heavy atom. The Kier molecular flexibility index (Phi) is 2.32. The first-order valence-electron chi connectivity index (χ1n) is 3.88. The first-order valence-corrected chi connectivity index (χ1v) is 4.82. The minimum absolute atomic E-state index is 0.190. The Labute approximate surface area is 84.1 Å². The largest absolute Gasteiger partial charge is 0.463 e. The van der Waals surface area contributed by atoms with Gasteiger partial charge in [-0.25, -0.2) is 9.78 Å². The number of carbonyl (C=O) groups excluding carboxylic acids is 1. The molecule has 2 aromatic heterocycles. The predicted molar refractivity (Wildman–Crippen MR) is 51.2 cm³/mol. The van der Waals surface area contributed by atoms with Gasteiger partial charge < -0.3 is 9.15 Å². The number of aromatic nitrogens is 1. The summed E-state index contributed by atoms with van der Waals surface area (Å²) in [5, 5.41) is 1.85. The van der Waals surface area contributed by atoms with Crippen molar-refractivity contribution in [2.45, 2.75) is 0 Å². The minimum atomic E-state index is -0.480. The number of hydrogen-bond donors (Lipinski definition) is 0. The molecule has 0 aliphatic carbocycles. The van der Waals surface area contributed by atoms with Gasteiger partial charge in [-0.05, 0) is 12.1 Å². The van der Waals surface area contributed by atoms with Crippen molar-refractivity contribution < 1.29 is 13.9 Å². The normalized spacial score (nSPS) is 10.1. The quantitative estimate of drug-likeness (QED) is 0.711. The van der Waals surface area contributed by atoms with Crippen LogP contribution in [0, 0.1) is 0 Å². The molecule has 0 saturated heterocycles. The zero-order valence-corrected chi connectivity index (χ0v) is 8.21. The Morgan fingerprint density at radius 2 is 2.43 bits per heavy atom. The summed E-state index contributed by atoms with van der Waals surface area (Å²) in [5.41, 5.74) is 2.43. The number of nitrogens with zero attached hydrogens (tertiary/aromatic N) is 1. The SMILES string of the molecule is COC(=O)c1ccc(-c2cscn2)o1. The summed E-state index contributed by atoms with van der Waals surface area (Å²) >= 11 is 1.47. The van der Waals surface area contributed by atoms with Crippen molar-refractivity contribution in [2.75, 3.05) is 7.11 Å². The Morgan fingerprint density at radius 1 is 1.57 bits per heavy atom. The highest BCUT2D eigenvalue weighted by Gasteiger charge is 2.12. The third-order valence-corrected chi connectivity index (χ3v) is 2.26. The molecule has 0 radical (unpaired) electrons. The maximum atomic E-state index is 11.1. The van der Waals surface area contributed by atoms with Crippen LogP contribution in [-0.2, 0) is 4.74 Å². The molecule has 0 amide bonds. The van der Waals surface area contributed by atoms with E-state index < -0.39 is 5.97 Å². The third kappa shape index (κ3) is 1.54. The van der Waals surface area contributed by atoms with Crippen LogP contribution >= 0.6 is 11.3 Å². The Hall–Kier alpha value is -1.62. The lowest BCUT2D eigenvalue weighted by atomic mass is 10.3. The van der Waals surface area contributed by atoms with E-state index in [1.54, 1.807) is 17.6 Å². The lowest BCUT2D eigenvalue weighted by Crippen LogP contribution is -1.98. The van der Waals surface area contributed by atoms with Gasteiger partial charge in [-0.1, -0.05) is 0 Å². The Balaban J connectivity index is 2.31. The monoisotopic (exact) mass is 209 g/mol. The molecule has 0 aliphatic heterocycles. The van der Waals surface area contributed by atoms with Crippen LogP contribution in [0.25, 0.3) is 11.5 Å². The highest BCUT2D eigenvalue weighted by atomic mass is 32.1. The summed E-state index contributed by atoms with van der Waals surface area (Å²) in [6.07, 6.45) is 0. The van der Waals surface area contributed by atoms with Gasteiger partial charge in [-0.3, -0.25) is 0 Å². The molecule has 0 fully saturated rings. The molecule has 0 N–H and O–H groups in total. The van der Waals surface area contributed by atoms with E-state index >= 15 is 0 Å². The maximum absolute atomic E-state index is 11.1. The zero-order chi connectivity index (χ0) is 9.97. The van der Waals surface area contributed by atoms with E-state index in [9.17, 15) is 4.79 Å². The van der Waals surface area contributed by atoms with Gasteiger partial charge in [0, 0.05) is 5.38 Å². The van der Waals surface area contributed by atoms with Crippen molar-refractivity contribution in [3.63, 3.8) is 0 Å². The number of esters is 1. The van der Waals surface area contributed by atoms with Gasteiger partial charge in [0.05, 0.1) is 12.6 Å². The van der Waals surface area contributed by atoms with Crippen molar-refractivity contribution in [1.29, 1.82) is 0 Å². The zero-order valence-electron chi connectivity index (χ0n) is 7.39. The van der Waals surface area contributed by atoms with Gasteiger partial charge in [-0.2, -0.15) is 0 Å². The average molecular weight is 209 g/mol. The van der Waals surface area contributed by atoms with E-state index in [0.29, 0.717) is 5.76 Å². The second kappa shape index (κ2) is 3.63. The maximum Gasteiger partial charge on any atom is 0.373 e. The fraction of sp³-hybridized carbons (Fsp3) is 0.111. The number of rotatable bonds is 2. The van der Waals surface area contributed by atoms with Crippen LogP contribution < -0.4 is 0 Å².